The molecule has 146 valence electrons. The third-order valence-corrected chi connectivity index (χ3v) is 4.83. The zero-order chi connectivity index (χ0) is 20.3. The summed E-state index contributed by atoms with van der Waals surface area (Å²) in [4.78, 5) is 38.8. The Kier molecular flexibility index (Phi) is 6.16. The molecule has 2 aromatic carbocycles. The molecule has 1 aliphatic rings. The Labute approximate surface area is 170 Å². The maximum Gasteiger partial charge on any atom is 0.254 e. The van der Waals surface area contributed by atoms with Crippen LogP contribution in [-0.2, 0) is 9.59 Å². The van der Waals surface area contributed by atoms with Crippen LogP contribution in [0.25, 0.3) is 0 Å². The second-order valence-corrected chi connectivity index (χ2v) is 7.03. The van der Waals surface area contributed by atoms with E-state index < -0.39 is 29.6 Å². The van der Waals surface area contributed by atoms with E-state index in [4.69, 9.17) is 23.2 Å². The fourth-order valence-corrected chi connectivity index (χ4v) is 3.23. The van der Waals surface area contributed by atoms with Crippen LogP contribution in [0.15, 0.2) is 42.5 Å². The van der Waals surface area contributed by atoms with E-state index in [1.807, 2.05) is 0 Å². The lowest BCUT2D eigenvalue weighted by molar-refractivity contribution is -0.131. The average Bonchev–Trinajstić information content (AvgIpc) is 2.66. The molecule has 1 heterocycles. The van der Waals surface area contributed by atoms with E-state index in [1.54, 1.807) is 6.07 Å². The molecule has 1 aliphatic heterocycles. The van der Waals surface area contributed by atoms with E-state index in [9.17, 15) is 18.8 Å². The Hall–Kier alpha value is -2.64. The second kappa shape index (κ2) is 8.58. The maximum atomic E-state index is 13.1. The molecule has 1 saturated heterocycles. The molecule has 9 heteroatoms. The van der Waals surface area contributed by atoms with Crippen molar-refractivity contribution in [3.05, 3.63) is 63.9 Å². The summed E-state index contributed by atoms with van der Waals surface area (Å²) in [7, 11) is 0. The van der Waals surface area contributed by atoms with Gasteiger partial charge < -0.3 is 15.5 Å². The molecule has 1 atom stereocenters. The second-order valence-electron chi connectivity index (χ2n) is 6.19. The van der Waals surface area contributed by atoms with Gasteiger partial charge in [0.15, 0.2) is 0 Å². The first-order valence-electron chi connectivity index (χ1n) is 8.44. The number of hydrogen-bond donors (Lipinski definition) is 2. The third kappa shape index (κ3) is 4.61. The first-order chi connectivity index (χ1) is 13.3. The lowest BCUT2D eigenvalue weighted by atomic mass is 10.1. The molecule has 0 aromatic heterocycles. The number of nitrogens with one attached hydrogen (secondary N) is 2. The molecule has 6 nitrogen and oxygen atoms in total. The van der Waals surface area contributed by atoms with Gasteiger partial charge in [-0.3, -0.25) is 14.4 Å². The normalized spacial score (nSPS) is 16.5. The number of anilines is 1. The molecular weight excluding hydrogens is 408 g/mol. The Morgan fingerprint density at radius 3 is 2.61 bits per heavy atom. The molecule has 0 radical (unpaired) electrons. The lowest BCUT2D eigenvalue weighted by Gasteiger charge is -2.34. The number of carbonyl (C=O) groups excluding carboxylic acids is 3. The molecule has 3 amide bonds. The first-order valence-corrected chi connectivity index (χ1v) is 9.20. The highest BCUT2D eigenvalue weighted by Gasteiger charge is 2.35. The number of piperazine rings is 1. The predicted molar refractivity (Wildman–Crippen MR) is 104 cm³/mol. The fraction of sp³-hybridized carbons (Fsp3) is 0.211. The predicted octanol–water partition coefficient (Wildman–Crippen LogP) is 3.10. The smallest absolute Gasteiger partial charge is 0.254 e. The molecule has 0 saturated carbocycles. The van der Waals surface area contributed by atoms with Crippen molar-refractivity contribution in [2.24, 2.45) is 0 Å². The molecule has 1 fully saturated rings. The Bertz CT molecular complexity index is 921. The Morgan fingerprint density at radius 2 is 1.89 bits per heavy atom. The minimum Gasteiger partial charge on any atom is -0.353 e. The molecule has 0 aliphatic carbocycles. The zero-order valence-corrected chi connectivity index (χ0v) is 16.1. The van der Waals surface area contributed by atoms with Crippen LogP contribution in [0.3, 0.4) is 0 Å². The fourth-order valence-electron chi connectivity index (χ4n) is 2.89. The standard InChI is InChI=1S/C19H16Cl2FN3O3/c20-12-3-6-14(21)15(9-12)24-17(26)10-16-18(27)23-7-8-25(16)19(28)11-1-4-13(22)5-2-11/h1-6,9,16H,7-8,10H2,(H,23,27)(H,24,26)/t16-/m0/s1. The number of amides is 3. The number of hydrogen-bond acceptors (Lipinski definition) is 3. The van der Waals surface area contributed by atoms with Gasteiger partial charge in [-0.25, -0.2) is 4.39 Å². The number of rotatable bonds is 4. The van der Waals surface area contributed by atoms with Gasteiger partial charge in [-0.2, -0.15) is 0 Å². The van der Waals surface area contributed by atoms with Gasteiger partial charge >= 0.3 is 0 Å². The van der Waals surface area contributed by atoms with Gasteiger partial charge in [0.2, 0.25) is 11.8 Å². The van der Waals surface area contributed by atoms with Gasteiger partial charge in [0.25, 0.3) is 5.91 Å². The number of carbonyl (C=O) groups is 3. The van der Waals surface area contributed by atoms with E-state index >= 15 is 0 Å². The van der Waals surface area contributed by atoms with Crippen molar-refractivity contribution < 1.29 is 18.8 Å². The molecule has 0 unspecified atom stereocenters. The van der Waals surface area contributed by atoms with Gasteiger partial charge in [-0.05, 0) is 42.5 Å². The van der Waals surface area contributed by atoms with Crippen LogP contribution in [0.4, 0.5) is 10.1 Å². The van der Waals surface area contributed by atoms with Crippen molar-refractivity contribution in [3.8, 4) is 0 Å². The van der Waals surface area contributed by atoms with E-state index in [0.29, 0.717) is 15.7 Å². The summed E-state index contributed by atoms with van der Waals surface area (Å²) in [6.45, 7) is 0.502. The number of benzene rings is 2. The summed E-state index contributed by atoms with van der Waals surface area (Å²) in [5.41, 5.74) is 0.547. The van der Waals surface area contributed by atoms with E-state index in [1.165, 1.54) is 41.3 Å². The minimum absolute atomic E-state index is 0.234. The number of nitrogens with zero attached hydrogens (tertiary/aromatic N) is 1. The van der Waals surface area contributed by atoms with Crippen LogP contribution < -0.4 is 10.6 Å². The van der Waals surface area contributed by atoms with Crippen LogP contribution >= 0.6 is 23.2 Å². The topological polar surface area (TPSA) is 78.5 Å². The summed E-state index contributed by atoms with van der Waals surface area (Å²) in [5.74, 6) is -1.85. The quantitative estimate of drug-likeness (QED) is 0.792. The Morgan fingerprint density at radius 1 is 1.18 bits per heavy atom. The summed E-state index contributed by atoms with van der Waals surface area (Å²) in [6.07, 6.45) is -0.262. The van der Waals surface area contributed by atoms with Gasteiger partial charge in [-0.15, -0.1) is 0 Å². The van der Waals surface area contributed by atoms with Crippen molar-refractivity contribution in [2.45, 2.75) is 12.5 Å². The Balaban J connectivity index is 1.76. The SMILES string of the molecule is O=C(C[C@H]1C(=O)NCCN1C(=O)c1ccc(F)cc1)Nc1cc(Cl)ccc1Cl. The van der Waals surface area contributed by atoms with Crippen molar-refractivity contribution in [1.29, 1.82) is 0 Å². The molecular formula is C19H16Cl2FN3O3. The molecule has 0 bridgehead atoms. The van der Waals surface area contributed by atoms with Gasteiger partial charge in [0.05, 0.1) is 17.1 Å². The lowest BCUT2D eigenvalue weighted by Crippen LogP contribution is -2.58. The van der Waals surface area contributed by atoms with Gasteiger partial charge in [0.1, 0.15) is 11.9 Å². The van der Waals surface area contributed by atoms with Gasteiger partial charge in [0, 0.05) is 23.7 Å². The summed E-state index contributed by atoms with van der Waals surface area (Å²) >= 11 is 11.9. The van der Waals surface area contributed by atoms with E-state index in [2.05, 4.69) is 10.6 Å². The van der Waals surface area contributed by atoms with Crippen molar-refractivity contribution >= 4 is 46.6 Å². The van der Waals surface area contributed by atoms with Crippen molar-refractivity contribution in [3.63, 3.8) is 0 Å². The highest BCUT2D eigenvalue weighted by atomic mass is 35.5. The summed E-state index contributed by atoms with van der Waals surface area (Å²) < 4.78 is 13.1. The van der Waals surface area contributed by atoms with E-state index in [-0.39, 0.29) is 25.1 Å². The highest BCUT2D eigenvalue weighted by molar-refractivity contribution is 6.35. The summed E-state index contributed by atoms with van der Waals surface area (Å²) in [5, 5.41) is 5.94. The molecule has 2 N–H and O–H groups in total. The first kappa shape index (κ1) is 20.1. The average molecular weight is 424 g/mol. The van der Waals surface area contributed by atoms with Gasteiger partial charge in [-0.1, -0.05) is 23.2 Å². The molecule has 0 spiro atoms. The van der Waals surface area contributed by atoms with Crippen molar-refractivity contribution in [1.82, 2.24) is 10.2 Å². The minimum atomic E-state index is -0.996. The molecule has 2 aromatic rings. The molecule has 28 heavy (non-hydrogen) atoms. The van der Waals surface area contributed by atoms with Crippen molar-refractivity contribution in [2.75, 3.05) is 18.4 Å². The van der Waals surface area contributed by atoms with Crippen LogP contribution in [0.1, 0.15) is 16.8 Å². The van der Waals surface area contributed by atoms with E-state index in [0.717, 1.165) is 0 Å². The zero-order valence-electron chi connectivity index (χ0n) is 14.5. The third-order valence-electron chi connectivity index (χ3n) is 4.26. The van der Waals surface area contributed by atoms with Crippen LogP contribution in [0.5, 0.6) is 0 Å². The van der Waals surface area contributed by atoms with Crippen LogP contribution in [0, 0.1) is 5.82 Å². The van der Waals surface area contributed by atoms with Crippen LogP contribution in [0.2, 0.25) is 10.0 Å². The largest absolute Gasteiger partial charge is 0.353 e. The monoisotopic (exact) mass is 423 g/mol. The number of halogens is 3. The summed E-state index contributed by atoms with van der Waals surface area (Å²) in [6, 6.07) is 8.63. The van der Waals surface area contributed by atoms with Crippen LogP contribution in [-0.4, -0.2) is 41.8 Å². The molecule has 3 rings (SSSR count). The highest BCUT2D eigenvalue weighted by Crippen LogP contribution is 2.26. The maximum absolute atomic E-state index is 13.1.